The first-order valence-corrected chi connectivity index (χ1v) is 5.35. The van der Waals surface area contributed by atoms with Crippen LogP contribution in [0.5, 0.6) is 0 Å². The SMILES string of the molecule is BC(B)(O)CC1(CC(B)(B)O)OCCO1. The van der Waals surface area contributed by atoms with Gasteiger partial charge in [-0.15, -0.1) is 0 Å². The number of ether oxygens (including phenoxy) is 2. The lowest BCUT2D eigenvalue weighted by atomic mass is 9.57. The molecule has 0 saturated carbocycles. The normalized spacial score (nSPS) is 21.7. The first kappa shape index (κ1) is 13.2. The van der Waals surface area contributed by atoms with Gasteiger partial charge in [0.2, 0.25) is 0 Å². The van der Waals surface area contributed by atoms with E-state index in [-0.39, 0.29) is 0 Å². The minimum absolute atomic E-state index is 0.365. The van der Waals surface area contributed by atoms with Gasteiger partial charge in [0, 0.05) is 23.6 Å². The third kappa shape index (κ3) is 4.64. The van der Waals surface area contributed by atoms with Crippen LogP contribution in [0.4, 0.5) is 0 Å². The molecule has 4 nitrogen and oxygen atoms in total. The largest absolute Gasteiger partial charge is 0.407 e. The maximum atomic E-state index is 9.80. The molecule has 0 unspecified atom stereocenters. The van der Waals surface area contributed by atoms with Crippen LogP contribution in [0.2, 0.25) is 0 Å². The highest BCUT2D eigenvalue weighted by Gasteiger charge is 2.43. The van der Waals surface area contributed by atoms with Crippen molar-refractivity contribution in [3.05, 3.63) is 0 Å². The Balaban J connectivity index is 2.71. The summed E-state index contributed by atoms with van der Waals surface area (Å²) in [4.78, 5) is 0. The van der Waals surface area contributed by atoms with Gasteiger partial charge in [-0.1, -0.05) is 0 Å². The van der Waals surface area contributed by atoms with Gasteiger partial charge in [-0.25, -0.2) is 0 Å². The molecule has 1 rings (SSSR count). The zero-order valence-corrected chi connectivity index (χ0v) is 10.0. The fraction of sp³-hybridized carbons (Fsp3) is 1.00. The molecule has 1 fully saturated rings. The molecular formula is C7H18B4O4. The molecule has 1 saturated heterocycles. The number of aliphatic hydroxyl groups is 2. The highest BCUT2D eigenvalue weighted by molar-refractivity contribution is 6.39. The minimum atomic E-state index is -0.865. The summed E-state index contributed by atoms with van der Waals surface area (Å²) in [5.74, 6) is -0.837. The fourth-order valence-electron chi connectivity index (χ4n) is 2.08. The van der Waals surface area contributed by atoms with Crippen molar-refractivity contribution in [2.45, 2.75) is 29.4 Å². The van der Waals surface area contributed by atoms with Crippen LogP contribution in [0.15, 0.2) is 0 Å². The molecule has 0 spiro atoms. The van der Waals surface area contributed by atoms with Gasteiger partial charge in [0.05, 0.1) is 13.2 Å². The molecule has 0 atom stereocenters. The summed E-state index contributed by atoms with van der Waals surface area (Å²) in [7, 11) is 6.85. The van der Waals surface area contributed by atoms with Crippen LogP contribution in [-0.4, -0.2) is 71.4 Å². The zero-order valence-electron chi connectivity index (χ0n) is 10.0. The Bertz CT molecular complexity index is 198. The molecule has 1 heterocycles. The van der Waals surface area contributed by atoms with Gasteiger partial charge in [-0.3, -0.25) is 0 Å². The van der Waals surface area contributed by atoms with Crippen molar-refractivity contribution in [2.24, 2.45) is 0 Å². The molecule has 15 heavy (non-hydrogen) atoms. The molecule has 0 aromatic rings. The lowest BCUT2D eigenvalue weighted by molar-refractivity contribution is -0.190. The molecule has 1 aliphatic rings. The lowest BCUT2D eigenvalue weighted by Gasteiger charge is -2.37. The summed E-state index contributed by atoms with van der Waals surface area (Å²) >= 11 is 0. The lowest BCUT2D eigenvalue weighted by Crippen LogP contribution is -2.49. The highest BCUT2D eigenvalue weighted by atomic mass is 16.7. The van der Waals surface area contributed by atoms with Gasteiger partial charge in [0.1, 0.15) is 31.4 Å². The molecule has 82 valence electrons. The number of hydrogen-bond donors (Lipinski definition) is 2. The van der Waals surface area contributed by atoms with E-state index in [2.05, 4.69) is 0 Å². The quantitative estimate of drug-likeness (QED) is 0.457. The fourth-order valence-corrected chi connectivity index (χ4v) is 2.08. The second kappa shape index (κ2) is 4.17. The Hall–Kier alpha value is 0.0997. The first-order valence-electron chi connectivity index (χ1n) is 5.35. The summed E-state index contributed by atoms with van der Waals surface area (Å²) in [6.07, 6.45) is 0.730. The van der Waals surface area contributed by atoms with Crippen molar-refractivity contribution < 1.29 is 19.7 Å². The Morgan fingerprint density at radius 2 is 1.27 bits per heavy atom. The second-order valence-corrected chi connectivity index (χ2v) is 5.59. The van der Waals surface area contributed by atoms with Crippen LogP contribution >= 0.6 is 0 Å². The predicted octanol–water partition coefficient (Wildman–Crippen LogP) is -4.67. The van der Waals surface area contributed by atoms with Crippen molar-refractivity contribution in [3.8, 4) is 0 Å². The van der Waals surface area contributed by atoms with Crippen molar-refractivity contribution >= 4 is 31.4 Å². The van der Waals surface area contributed by atoms with Gasteiger partial charge in [-0.05, 0) is 0 Å². The topological polar surface area (TPSA) is 58.9 Å². The number of rotatable bonds is 4. The minimum Gasteiger partial charge on any atom is -0.407 e. The van der Waals surface area contributed by atoms with Crippen LogP contribution in [0.25, 0.3) is 0 Å². The summed E-state index contributed by atoms with van der Waals surface area (Å²) in [5.41, 5.74) is 0. The molecule has 0 bridgehead atoms. The van der Waals surface area contributed by atoms with Crippen molar-refractivity contribution in [1.29, 1.82) is 0 Å². The highest BCUT2D eigenvalue weighted by Crippen LogP contribution is 2.33. The van der Waals surface area contributed by atoms with Crippen LogP contribution in [0.3, 0.4) is 0 Å². The Morgan fingerprint density at radius 1 is 0.933 bits per heavy atom. The summed E-state index contributed by atoms with van der Waals surface area (Å²) in [6.45, 7) is 1.04. The summed E-state index contributed by atoms with van der Waals surface area (Å²) in [5, 5.41) is 17.9. The first-order chi connectivity index (χ1) is 6.62. The van der Waals surface area contributed by atoms with Gasteiger partial charge in [0.25, 0.3) is 0 Å². The van der Waals surface area contributed by atoms with E-state index < -0.39 is 16.6 Å². The standard InChI is InChI=1S/C7H18B4O4/c8-6(9,12)3-5(4-7(10,11)13)14-1-2-15-5/h12-13H,1-4,8-11H2. The molecule has 1 aliphatic heterocycles. The average Bonchev–Trinajstić information content (AvgIpc) is 2.27. The van der Waals surface area contributed by atoms with Crippen molar-refractivity contribution in [3.63, 3.8) is 0 Å². The summed E-state index contributed by atoms with van der Waals surface area (Å²) in [6, 6.07) is 0. The van der Waals surface area contributed by atoms with E-state index in [9.17, 15) is 10.2 Å². The average molecular weight is 209 g/mol. The van der Waals surface area contributed by atoms with Gasteiger partial charge < -0.3 is 19.7 Å². The third-order valence-electron chi connectivity index (χ3n) is 2.22. The van der Waals surface area contributed by atoms with Gasteiger partial charge in [0.15, 0.2) is 5.79 Å². The molecule has 0 aromatic heterocycles. The van der Waals surface area contributed by atoms with E-state index in [0.717, 1.165) is 0 Å². The van der Waals surface area contributed by atoms with E-state index in [1.54, 1.807) is 31.4 Å². The maximum absolute atomic E-state index is 9.80. The van der Waals surface area contributed by atoms with Crippen LogP contribution in [0.1, 0.15) is 12.8 Å². The molecule has 0 amide bonds. The smallest absolute Gasteiger partial charge is 0.171 e. The van der Waals surface area contributed by atoms with Crippen molar-refractivity contribution in [1.82, 2.24) is 0 Å². The van der Waals surface area contributed by atoms with Gasteiger partial charge in [-0.2, -0.15) is 0 Å². The van der Waals surface area contributed by atoms with Gasteiger partial charge >= 0.3 is 0 Å². The maximum Gasteiger partial charge on any atom is 0.171 e. The Labute approximate surface area is 94.3 Å². The molecule has 8 heteroatoms. The van der Waals surface area contributed by atoms with E-state index in [1.165, 1.54) is 0 Å². The Kier molecular flexibility index (Phi) is 3.66. The second-order valence-electron chi connectivity index (χ2n) is 5.59. The molecule has 2 N–H and O–H groups in total. The van der Waals surface area contributed by atoms with Crippen molar-refractivity contribution in [2.75, 3.05) is 13.2 Å². The Morgan fingerprint density at radius 3 is 1.53 bits per heavy atom. The molecule has 0 aliphatic carbocycles. The monoisotopic (exact) mass is 210 g/mol. The van der Waals surface area contributed by atoms with E-state index >= 15 is 0 Å². The molecular weight excluding hydrogens is 191 g/mol. The van der Waals surface area contributed by atoms with E-state index in [1.807, 2.05) is 0 Å². The van der Waals surface area contributed by atoms with E-state index in [4.69, 9.17) is 9.47 Å². The summed E-state index contributed by atoms with van der Waals surface area (Å²) < 4.78 is 11.1. The third-order valence-corrected chi connectivity index (χ3v) is 2.22. The van der Waals surface area contributed by atoms with Crippen LogP contribution in [-0.2, 0) is 9.47 Å². The molecule has 0 radical (unpaired) electrons. The van der Waals surface area contributed by atoms with Crippen LogP contribution in [0, 0.1) is 0 Å². The molecule has 0 aromatic carbocycles. The van der Waals surface area contributed by atoms with Crippen LogP contribution < -0.4 is 0 Å². The van der Waals surface area contributed by atoms with E-state index in [0.29, 0.717) is 26.1 Å². The number of hydrogen-bond acceptors (Lipinski definition) is 4. The zero-order chi connectivity index (χ0) is 11.7. The predicted molar refractivity (Wildman–Crippen MR) is 67.9 cm³/mol.